The zero-order valence-electron chi connectivity index (χ0n) is 13.2. The van der Waals surface area contributed by atoms with E-state index in [2.05, 4.69) is 15.4 Å². The molecule has 1 fully saturated rings. The first-order valence-electron chi connectivity index (χ1n) is 8.28. The number of pyridine rings is 1. The molecule has 3 heterocycles. The second-order valence-electron chi connectivity index (χ2n) is 6.32. The van der Waals surface area contributed by atoms with Crippen LogP contribution in [0.1, 0.15) is 30.1 Å². The summed E-state index contributed by atoms with van der Waals surface area (Å²) in [5.41, 5.74) is 2.88. The first kappa shape index (κ1) is 15.6. The Balaban J connectivity index is 1.63. The van der Waals surface area contributed by atoms with Gasteiger partial charge in [0.1, 0.15) is 6.04 Å². The van der Waals surface area contributed by atoms with E-state index in [1.807, 2.05) is 6.07 Å². The van der Waals surface area contributed by atoms with E-state index in [1.54, 1.807) is 23.1 Å². The summed E-state index contributed by atoms with van der Waals surface area (Å²) in [6.07, 6.45) is 7.44. The molecule has 0 radical (unpaired) electrons. The number of rotatable bonds is 3. The lowest BCUT2D eigenvalue weighted by Gasteiger charge is -2.23. The van der Waals surface area contributed by atoms with Crippen LogP contribution in [0.4, 0.5) is 5.69 Å². The van der Waals surface area contributed by atoms with Gasteiger partial charge in [-0.3, -0.25) is 9.78 Å². The molecular weight excluding hydrogens is 328 g/mol. The van der Waals surface area contributed by atoms with Crippen molar-refractivity contribution in [2.45, 2.75) is 37.8 Å². The smallest absolute Gasteiger partial charge is 0.267 e. The van der Waals surface area contributed by atoms with E-state index in [4.69, 9.17) is 16.3 Å². The van der Waals surface area contributed by atoms with Crippen LogP contribution in [0.15, 0.2) is 29.3 Å². The Hall–Kier alpha value is -1.92. The molecule has 24 heavy (non-hydrogen) atoms. The number of hydrogen-bond donors (Lipinski definition) is 1. The van der Waals surface area contributed by atoms with E-state index in [0.717, 1.165) is 42.6 Å². The van der Waals surface area contributed by atoms with Crippen molar-refractivity contribution in [2.75, 3.05) is 18.5 Å². The lowest BCUT2D eigenvalue weighted by molar-refractivity contribution is 0.182. The van der Waals surface area contributed by atoms with E-state index in [0.29, 0.717) is 18.2 Å². The fraction of sp³-hybridized carbons (Fsp3) is 0.471. The van der Waals surface area contributed by atoms with Gasteiger partial charge < -0.3 is 10.1 Å². The van der Waals surface area contributed by atoms with Crippen molar-refractivity contribution in [3.8, 4) is 0 Å². The molecule has 2 atom stereocenters. The lowest BCUT2D eigenvalue weighted by atomic mass is 9.97. The second-order valence-corrected chi connectivity index (χ2v) is 6.72. The van der Waals surface area contributed by atoms with E-state index < -0.39 is 0 Å². The highest BCUT2D eigenvalue weighted by Gasteiger charge is 2.32. The van der Waals surface area contributed by atoms with Crippen LogP contribution in [0.5, 0.6) is 0 Å². The van der Waals surface area contributed by atoms with E-state index in [-0.39, 0.29) is 17.6 Å². The minimum atomic E-state index is -0.144. The molecule has 126 valence electrons. The maximum Gasteiger partial charge on any atom is 0.267 e. The predicted molar refractivity (Wildman–Crippen MR) is 91.7 cm³/mol. The van der Waals surface area contributed by atoms with Crippen LogP contribution in [-0.2, 0) is 17.6 Å². The first-order valence-corrected chi connectivity index (χ1v) is 8.65. The fourth-order valence-electron chi connectivity index (χ4n) is 3.43. The minimum absolute atomic E-state index is 0.0567. The summed E-state index contributed by atoms with van der Waals surface area (Å²) in [5.74, 6) is 0. The maximum absolute atomic E-state index is 12.5. The molecule has 1 aliphatic carbocycles. The third-order valence-electron chi connectivity index (χ3n) is 4.71. The fourth-order valence-corrected chi connectivity index (χ4v) is 3.60. The molecular formula is C17H19ClN4O2. The summed E-state index contributed by atoms with van der Waals surface area (Å²) in [5, 5.41) is 8.57. The summed E-state index contributed by atoms with van der Waals surface area (Å²) in [7, 11) is 0. The summed E-state index contributed by atoms with van der Waals surface area (Å²) in [4.78, 5) is 16.5. The Morgan fingerprint density at radius 3 is 3.04 bits per heavy atom. The van der Waals surface area contributed by atoms with Crippen molar-refractivity contribution < 1.29 is 4.74 Å². The van der Waals surface area contributed by atoms with Crippen molar-refractivity contribution in [1.82, 2.24) is 14.8 Å². The minimum Gasteiger partial charge on any atom is -0.377 e. The molecule has 0 aromatic carbocycles. The Morgan fingerprint density at radius 2 is 2.17 bits per heavy atom. The van der Waals surface area contributed by atoms with Gasteiger partial charge in [0.25, 0.3) is 5.56 Å². The van der Waals surface area contributed by atoms with Gasteiger partial charge in [0, 0.05) is 18.5 Å². The summed E-state index contributed by atoms with van der Waals surface area (Å²) >= 11 is 6.17. The molecule has 1 aliphatic heterocycles. The molecule has 2 aliphatic rings. The first-order chi connectivity index (χ1) is 11.7. The highest BCUT2D eigenvalue weighted by Crippen LogP contribution is 2.26. The Bertz CT molecular complexity index is 807. The van der Waals surface area contributed by atoms with Crippen molar-refractivity contribution in [1.29, 1.82) is 0 Å². The van der Waals surface area contributed by atoms with Crippen LogP contribution in [0.3, 0.4) is 0 Å². The predicted octanol–water partition coefficient (Wildman–Crippen LogP) is 2.22. The number of nitrogens with one attached hydrogen (secondary N) is 1. The number of aromatic nitrogens is 3. The van der Waals surface area contributed by atoms with Gasteiger partial charge in [0.05, 0.1) is 35.7 Å². The van der Waals surface area contributed by atoms with Gasteiger partial charge in [-0.25, -0.2) is 4.68 Å². The quantitative estimate of drug-likeness (QED) is 0.923. The highest BCUT2D eigenvalue weighted by molar-refractivity contribution is 6.33. The van der Waals surface area contributed by atoms with E-state index in [1.165, 1.54) is 0 Å². The molecule has 4 rings (SSSR count). The van der Waals surface area contributed by atoms with Gasteiger partial charge in [0.2, 0.25) is 0 Å². The molecule has 7 heteroatoms. The largest absolute Gasteiger partial charge is 0.377 e. The average Bonchev–Trinajstić information content (AvgIpc) is 3.04. The van der Waals surface area contributed by atoms with Crippen molar-refractivity contribution >= 4 is 17.3 Å². The zero-order chi connectivity index (χ0) is 16.5. The van der Waals surface area contributed by atoms with Gasteiger partial charge in [-0.2, -0.15) is 5.10 Å². The SMILES string of the molecule is O=c1cc2c(nn1C1COCC1Nc1ccncc1Cl)CCCC2. The van der Waals surface area contributed by atoms with E-state index in [9.17, 15) is 4.79 Å². The zero-order valence-corrected chi connectivity index (χ0v) is 14.0. The number of nitrogens with zero attached hydrogens (tertiary/aromatic N) is 3. The van der Waals surface area contributed by atoms with Gasteiger partial charge >= 0.3 is 0 Å². The third-order valence-corrected chi connectivity index (χ3v) is 5.01. The maximum atomic E-state index is 12.5. The molecule has 2 aromatic rings. The number of aryl methyl sites for hydroxylation is 2. The molecule has 0 bridgehead atoms. The molecule has 1 saturated heterocycles. The van der Waals surface area contributed by atoms with Gasteiger partial charge in [-0.15, -0.1) is 0 Å². The number of hydrogen-bond acceptors (Lipinski definition) is 5. The molecule has 0 spiro atoms. The number of fused-ring (bicyclic) bond motifs is 1. The summed E-state index contributed by atoms with van der Waals surface area (Å²) in [6.45, 7) is 0.973. The van der Waals surface area contributed by atoms with Crippen molar-refractivity contribution in [2.24, 2.45) is 0 Å². The monoisotopic (exact) mass is 346 g/mol. The second kappa shape index (κ2) is 6.53. The van der Waals surface area contributed by atoms with Crippen molar-refractivity contribution in [3.05, 3.63) is 51.2 Å². The number of ether oxygens (including phenoxy) is 1. The van der Waals surface area contributed by atoms with Crippen LogP contribution in [-0.4, -0.2) is 34.0 Å². The van der Waals surface area contributed by atoms with Gasteiger partial charge in [-0.05, 0) is 37.3 Å². The molecule has 1 N–H and O–H groups in total. The highest BCUT2D eigenvalue weighted by atomic mass is 35.5. The Labute approximate surface area is 144 Å². The van der Waals surface area contributed by atoms with Gasteiger partial charge in [-0.1, -0.05) is 11.6 Å². The Morgan fingerprint density at radius 1 is 1.29 bits per heavy atom. The van der Waals surface area contributed by atoms with Crippen molar-refractivity contribution in [3.63, 3.8) is 0 Å². The third kappa shape index (κ3) is 2.91. The van der Waals surface area contributed by atoms with Crippen LogP contribution >= 0.6 is 11.6 Å². The lowest BCUT2D eigenvalue weighted by Crippen LogP contribution is -2.38. The summed E-state index contributed by atoms with van der Waals surface area (Å²) in [6, 6.07) is 3.36. The number of halogens is 1. The van der Waals surface area contributed by atoms with E-state index >= 15 is 0 Å². The topological polar surface area (TPSA) is 69.0 Å². The molecule has 0 saturated carbocycles. The number of anilines is 1. The van der Waals surface area contributed by atoms with Crippen LogP contribution in [0.2, 0.25) is 5.02 Å². The molecule has 2 aromatic heterocycles. The van der Waals surface area contributed by atoms with Crippen LogP contribution in [0.25, 0.3) is 0 Å². The average molecular weight is 347 g/mol. The normalized spacial score (nSPS) is 23.0. The Kier molecular flexibility index (Phi) is 4.24. The molecule has 2 unspecified atom stereocenters. The van der Waals surface area contributed by atoms with Gasteiger partial charge in [0.15, 0.2) is 0 Å². The van der Waals surface area contributed by atoms with Crippen LogP contribution in [0, 0.1) is 0 Å². The van der Waals surface area contributed by atoms with Crippen LogP contribution < -0.4 is 10.9 Å². The standard InChI is InChI=1S/C17H19ClN4O2/c18-12-8-19-6-5-14(12)20-15-9-24-10-16(15)22-17(23)7-11-3-1-2-4-13(11)21-22/h5-8,15-16H,1-4,9-10H2,(H,19,20). The summed E-state index contributed by atoms with van der Waals surface area (Å²) < 4.78 is 7.20. The molecule has 6 nitrogen and oxygen atoms in total. The molecule has 0 amide bonds.